The quantitative estimate of drug-likeness (QED) is 0.680. The maximum absolute atomic E-state index is 12.7. The molecule has 2 rings (SSSR count). The maximum atomic E-state index is 12.7. The van der Waals surface area contributed by atoms with Crippen LogP contribution in [0.5, 0.6) is 0 Å². The van der Waals surface area contributed by atoms with Gasteiger partial charge in [-0.2, -0.15) is 0 Å². The summed E-state index contributed by atoms with van der Waals surface area (Å²) >= 11 is 0. The molecule has 1 aliphatic rings. The van der Waals surface area contributed by atoms with Gasteiger partial charge in [0.05, 0.1) is 0 Å². The van der Waals surface area contributed by atoms with Gasteiger partial charge in [0, 0.05) is 19.2 Å². The van der Waals surface area contributed by atoms with Crippen molar-refractivity contribution in [1.82, 2.24) is 4.90 Å². The van der Waals surface area contributed by atoms with Crippen LogP contribution in [0.4, 0.5) is 4.39 Å². The van der Waals surface area contributed by atoms with Crippen LogP contribution in [0, 0.1) is 5.82 Å². The second-order valence-electron chi connectivity index (χ2n) is 4.39. The van der Waals surface area contributed by atoms with Crippen molar-refractivity contribution in [2.45, 2.75) is 18.9 Å². The smallest absolute Gasteiger partial charge is 0.658 e. The van der Waals surface area contributed by atoms with Gasteiger partial charge >= 0.3 is 51.4 Å². The number of hydrogen-bond donors (Lipinski definition) is 0. The van der Waals surface area contributed by atoms with E-state index in [-0.39, 0.29) is 69.2 Å². The van der Waals surface area contributed by atoms with Gasteiger partial charge in [-0.1, -0.05) is 12.8 Å². The van der Waals surface area contributed by atoms with Crippen molar-refractivity contribution in [3.63, 3.8) is 0 Å². The van der Waals surface area contributed by atoms with Gasteiger partial charge in [0.15, 0.2) is 0 Å². The van der Waals surface area contributed by atoms with Gasteiger partial charge in [-0.25, -0.2) is 4.39 Å². The fourth-order valence-corrected chi connectivity index (χ4v) is 2.05. The minimum Gasteiger partial charge on any atom is -0.658 e. The first kappa shape index (κ1) is 16.3. The predicted molar refractivity (Wildman–Crippen MR) is 64.6 cm³/mol. The number of carbonyl (C=O) groups is 1. The van der Waals surface area contributed by atoms with Crippen LogP contribution in [0.15, 0.2) is 24.3 Å². The molecule has 1 amide bonds. The number of amides is 1. The van der Waals surface area contributed by atoms with Crippen molar-refractivity contribution in [2.24, 2.45) is 0 Å². The summed E-state index contributed by atoms with van der Waals surface area (Å²) in [6, 6.07) is 5.91. The average molecular weight is 274 g/mol. The summed E-state index contributed by atoms with van der Waals surface area (Å²) in [5, 5.41) is 4.41. The molecule has 1 fully saturated rings. The fraction of sp³-hybridized carbons (Fsp3) is 0.462. The molecule has 92 valence electrons. The van der Waals surface area contributed by atoms with Crippen LogP contribution in [-0.4, -0.2) is 37.0 Å². The molecule has 1 heterocycles. The van der Waals surface area contributed by atoms with Crippen LogP contribution in [0.2, 0.25) is 0 Å². The average Bonchev–Trinajstić information content (AvgIpc) is 2.82. The first-order valence-electron chi connectivity index (χ1n) is 5.84. The van der Waals surface area contributed by atoms with Crippen LogP contribution in [0.1, 0.15) is 23.2 Å². The second-order valence-corrected chi connectivity index (χ2v) is 4.39. The standard InChI is InChI=1S/C13H16FN2O.K/c1-16(9-12-3-2-8-15-12)13(17)10-4-6-11(14)7-5-10;/h4-7,12H,2-3,8-9H2,1H3;/q-1;+1. The largest absolute Gasteiger partial charge is 1.00 e. The molecule has 1 aromatic rings. The summed E-state index contributed by atoms with van der Waals surface area (Å²) in [7, 11) is 1.76. The van der Waals surface area contributed by atoms with E-state index in [0.717, 1.165) is 19.4 Å². The van der Waals surface area contributed by atoms with Crippen LogP contribution in [0.25, 0.3) is 5.32 Å². The number of rotatable bonds is 3. The first-order valence-corrected chi connectivity index (χ1v) is 5.84. The van der Waals surface area contributed by atoms with Crippen LogP contribution < -0.4 is 51.4 Å². The molecule has 0 radical (unpaired) electrons. The number of benzene rings is 1. The minimum atomic E-state index is -0.324. The molecule has 1 aliphatic heterocycles. The molecule has 0 aromatic heterocycles. The third kappa shape index (κ3) is 4.40. The van der Waals surface area contributed by atoms with Crippen molar-refractivity contribution in [3.8, 4) is 0 Å². The van der Waals surface area contributed by atoms with Gasteiger partial charge in [0.2, 0.25) is 0 Å². The first-order chi connectivity index (χ1) is 8.16. The molecule has 0 saturated carbocycles. The topological polar surface area (TPSA) is 34.4 Å². The summed E-state index contributed by atoms with van der Waals surface area (Å²) in [6.07, 6.45) is 2.17. The van der Waals surface area contributed by atoms with Gasteiger partial charge in [-0.3, -0.25) is 4.79 Å². The van der Waals surface area contributed by atoms with E-state index in [2.05, 4.69) is 5.32 Å². The number of likely N-dealkylation sites (N-methyl/N-ethyl adjacent to an activating group) is 1. The Balaban J connectivity index is 0.00000162. The summed E-state index contributed by atoms with van der Waals surface area (Å²) in [6.45, 7) is 1.56. The molecule has 5 heteroatoms. The minimum absolute atomic E-state index is 0. The Kier molecular flexibility index (Phi) is 6.98. The Hall–Kier alpha value is 0.216. The summed E-state index contributed by atoms with van der Waals surface area (Å²) in [4.78, 5) is 13.7. The number of nitrogens with zero attached hydrogens (tertiary/aromatic N) is 2. The van der Waals surface area contributed by atoms with Crippen molar-refractivity contribution >= 4 is 5.91 Å². The van der Waals surface area contributed by atoms with E-state index in [1.54, 1.807) is 11.9 Å². The Morgan fingerprint density at radius 2 is 2.11 bits per heavy atom. The zero-order valence-electron chi connectivity index (χ0n) is 10.9. The zero-order chi connectivity index (χ0) is 12.3. The molecule has 1 atom stereocenters. The molecule has 0 bridgehead atoms. The fourth-order valence-electron chi connectivity index (χ4n) is 2.05. The second kappa shape index (κ2) is 7.72. The Labute approximate surface area is 150 Å². The summed E-state index contributed by atoms with van der Waals surface area (Å²) in [5.41, 5.74) is 0.520. The SMILES string of the molecule is CN(CC1CCC[N-]1)C(=O)c1ccc(F)cc1.[K+]. The van der Waals surface area contributed by atoms with E-state index in [1.807, 2.05) is 0 Å². The van der Waals surface area contributed by atoms with Crippen molar-refractivity contribution in [1.29, 1.82) is 0 Å². The summed E-state index contributed by atoms with van der Waals surface area (Å²) < 4.78 is 12.7. The molecule has 1 aromatic carbocycles. The van der Waals surface area contributed by atoms with E-state index in [9.17, 15) is 9.18 Å². The molecule has 1 saturated heterocycles. The monoisotopic (exact) mass is 274 g/mol. The van der Waals surface area contributed by atoms with Gasteiger partial charge in [-0.05, 0) is 24.3 Å². The van der Waals surface area contributed by atoms with Crippen LogP contribution >= 0.6 is 0 Å². The van der Waals surface area contributed by atoms with Crippen molar-refractivity contribution in [3.05, 3.63) is 41.0 Å². The van der Waals surface area contributed by atoms with Crippen LogP contribution in [0.3, 0.4) is 0 Å². The van der Waals surface area contributed by atoms with E-state index < -0.39 is 0 Å². The van der Waals surface area contributed by atoms with E-state index in [0.29, 0.717) is 12.1 Å². The van der Waals surface area contributed by atoms with E-state index in [4.69, 9.17) is 0 Å². The van der Waals surface area contributed by atoms with Gasteiger partial charge in [-0.15, -0.1) is 12.6 Å². The van der Waals surface area contributed by atoms with Gasteiger partial charge in [0.25, 0.3) is 5.91 Å². The molecular formula is C13H16FKN2O. The molecule has 0 spiro atoms. The maximum Gasteiger partial charge on any atom is 1.00 e. The molecular weight excluding hydrogens is 258 g/mol. The molecule has 18 heavy (non-hydrogen) atoms. The third-order valence-corrected chi connectivity index (χ3v) is 3.01. The normalized spacial score (nSPS) is 18.2. The number of carbonyl (C=O) groups excluding carboxylic acids is 1. The molecule has 0 aliphatic carbocycles. The van der Waals surface area contributed by atoms with Gasteiger partial charge < -0.3 is 10.2 Å². The van der Waals surface area contributed by atoms with Crippen molar-refractivity contribution < 1.29 is 60.6 Å². The molecule has 3 nitrogen and oxygen atoms in total. The van der Waals surface area contributed by atoms with Gasteiger partial charge in [0.1, 0.15) is 5.82 Å². The van der Waals surface area contributed by atoms with E-state index >= 15 is 0 Å². The molecule has 0 N–H and O–H groups in total. The Morgan fingerprint density at radius 3 is 2.67 bits per heavy atom. The third-order valence-electron chi connectivity index (χ3n) is 3.01. The predicted octanol–water partition coefficient (Wildman–Crippen LogP) is -0.562. The zero-order valence-corrected chi connectivity index (χ0v) is 14.0. The van der Waals surface area contributed by atoms with E-state index in [1.165, 1.54) is 24.3 Å². The summed E-state index contributed by atoms with van der Waals surface area (Å²) in [5.74, 6) is -0.401. The van der Waals surface area contributed by atoms with Crippen LogP contribution in [-0.2, 0) is 0 Å². The Bertz CT molecular complexity index is 390. The Morgan fingerprint density at radius 1 is 1.44 bits per heavy atom. The number of hydrogen-bond acceptors (Lipinski definition) is 1. The van der Waals surface area contributed by atoms with Crippen molar-refractivity contribution in [2.75, 3.05) is 20.1 Å². The number of halogens is 1. The molecule has 1 unspecified atom stereocenters.